The predicted octanol–water partition coefficient (Wildman–Crippen LogP) is 5.44. The molecule has 0 radical (unpaired) electrons. The van der Waals surface area contributed by atoms with Gasteiger partial charge >= 0.3 is 0 Å². The largest absolute Gasteiger partial charge is 0.354 e. The zero-order valence-corrected chi connectivity index (χ0v) is 18.7. The fraction of sp³-hybridized carbons (Fsp3) is 0.222. The van der Waals surface area contributed by atoms with E-state index in [0.29, 0.717) is 45.2 Å². The Balaban J connectivity index is 1.65. The van der Waals surface area contributed by atoms with Crippen LogP contribution in [-0.4, -0.2) is 29.6 Å². The highest BCUT2D eigenvalue weighted by molar-refractivity contribution is 5.96. The van der Waals surface area contributed by atoms with E-state index in [-0.39, 0.29) is 11.4 Å². The molecule has 2 heterocycles. The van der Waals surface area contributed by atoms with Gasteiger partial charge in [-0.25, -0.2) is 18.7 Å². The number of fused-ring (bicyclic) bond motifs is 1. The third kappa shape index (κ3) is 4.20. The highest BCUT2D eigenvalue weighted by Crippen LogP contribution is 2.34. The van der Waals surface area contributed by atoms with Gasteiger partial charge in [-0.1, -0.05) is 24.3 Å². The minimum Gasteiger partial charge on any atom is -0.354 e. The van der Waals surface area contributed by atoms with E-state index in [1.165, 1.54) is 18.2 Å². The van der Waals surface area contributed by atoms with Gasteiger partial charge in [-0.2, -0.15) is 5.26 Å². The molecule has 34 heavy (non-hydrogen) atoms. The number of nitriles is 1. The summed E-state index contributed by atoms with van der Waals surface area (Å²) in [6.07, 6.45) is 1.08. The summed E-state index contributed by atoms with van der Waals surface area (Å²) in [6, 6.07) is 16.8. The summed E-state index contributed by atoms with van der Waals surface area (Å²) in [5, 5.41) is 16.5. The van der Waals surface area contributed by atoms with Gasteiger partial charge in [0.15, 0.2) is 0 Å². The highest BCUT2D eigenvalue weighted by Gasteiger charge is 2.18. The molecule has 0 spiro atoms. The molecule has 170 valence electrons. The van der Waals surface area contributed by atoms with Crippen molar-refractivity contribution in [2.45, 2.75) is 13.3 Å². The second-order valence-electron chi connectivity index (χ2n) is 8.61. The van der Waals surface area contributed by atoms with Crippen molar-refractivity contribution < 1.29 is 8.78 Å². The first-order valence-corrected chi connectivity index (χ1v) is 11.3. The van der Waals surface area contributed by atoms with Crippen LogP contribution in [0, 0.1) is 35.8 Å². The topological polar surface area (TPSA) is 73.6 Å². The van der Waals surface area contributed by atoms with Crippen LogP contribution in [0.15, 0.2) is 54.6 Å². The number of halogens is 2. The van der Waals surface area contributed by atoms with Gasteiger partial charge in [0.05, 0.1) is 16.8 Å². The number of anilines is 1. The van der Waals surface area contributed by atoms with Crippen molar-refractivity contribution in [3.63, 3.8) is 0 Å². The molecule has 1 atom stereocenters. The van der Waals surface area contributed by atoms with Gasteiger partial charge in [-0.15, -0.1) is 0 Å². The first kappa shape index (κ1) is 21.9. The van der Waals surface area contributed by atoms with E-state index in [1.807, 2.05) is 37.3 Å². The molecule has 3 aromatic carbocycles. The summed E-state index contributed by atoms with van der Waals surface area (Å²) in [5.41, 5.74) is 3.70. The maximum absolute atomic E-state index is 14.7. The van der Waals surface area contributed by atoms with Crippen molar-refractivity contribution >= 4 is 16.9 Å². The average Bonchev–Trinajstić information content (AvgIpc) is 3.36. The number of nitrogens with zero attached hydrogens (tertiary/aromatic N) is 3. The molecule has 1 fully saturated rings. The first-order chi connectivity index (χ1) is 16.5. The van der Waals surface area contributed by atoms with E-state index in [0.717, 1.165) is 31.6 Å². The molecule has 4 aromatic rings. The second-order valence-corrected chi connectivity index (χ2v) is 8.61. The molecule has 1 aliphatic rings. The first-order valence-electron chi connectivity index (χ1n) is 11.3. The Morgan fingerprint density at radius 2 is 1.91 bits per heavy atom. The lowest BCUT2D eigenvalue weighted by molar-refractivity contribution is 0.613. The Bertz CT molecular complexity index is 1400. The Morgan fingerprint density at radius 1 is 1.06 bits per heavy atom. The SMILES string of the molecule is Cc1cccc(F)c1-c1ccc2nc(NC[C@H]3CCNC3)nc(-c3ccc(C#N)c(F)c3)c2c1. The van der Waals surface area contributed by atoms with E-state index < -0.39 is 5.82 Å². The standard InChI is InChI=1S/C27H23F2N5/c1-16-3-2-4-22(28)25(16)18-7-8-24-21(11-18)26(19-5-6-20(13-30)23(29)12-19)34-27(33-24)32-15-17-9-10-31-14-17/h2-8,11-12,17,31H,9-10,14-15H2,1H3,(H,32,33,34)/t17-/m0/s1. The maximum atomic E-state index is 14.7. The minimum absolute atomic E-state index is 0.0307. The number of aryl methyl sites for hydroxylation is 1. The van der Waals surface area contributed by atoms with Crippen molar-refractivity contribution in [3.05, 3.63) is 77.4 Å². The molecule has 5 rings (SSSR count). The summed E-state index contributed by atoms with van der Waals surface area (Å²) in [5.74, 6) is 0.0181. The molecule has 0 amide bonds. The normalized spacial score (nSPS) is 15.4. The molecule has 0 bridgehead atoms. The Hall–Kier alpha value is -3.89. The van der Waals surface area contributed by atoms with E-state index in [9.17, 15) is 8.78 Å². The lowest BCUT2D eigenvalue weighted by atomic mass is 9.96. The molecule has 0 unspecified atom stereocenters. The summed E-state index contributed by atoms with van der Waals surface area (Å²) in [7, 11) is 0. The molecule has 1 aromatic heterocycles. The van der Waals surface area contributed by atoms with Crippen LogP contribution >= 0.6 is 0 Å². The Labute approximate surface area is 196 Å². The molecule has 5 nitrogen and oxygen atoms in total. The Kier molecular flexibility index (Phi) is 5.91. The van der Waals surface area contributed by atoms with Crippen molar-refractivity contribution in [1.82, 2.24) is 15.3 Å². The molecule has 0 aliphatic carbocycles. The van der Waals surface area contributed by atoms with Crippen LogP contribution in [0.4, 0.5) is 14.7 Å². The number of aromatic nitrogens is 2. The van der Waals surface area contributed by atoms with Crippen molar-refractivity contribution in [2.24, 2.45) is 5.92 Å². The second kappa shape index (κ2) is 9.16. The van der Waals surface area contributed by atoms with E-state index in [1.54, 1.807) is 12.1 Å². The summed E-state index contributed by atoms with van der Waals surface area (Å²) >= 11 is 0. The van der Waals surface area contributed by atoms with Crippen LogP contribution in [0.25, 0.3) is 33.3 Å². The van der Waals surface area contributed by atoms with Crippen molar-refractivity contribution in [2.75, 3.05) is 25.0 Å². The van der Waals surface area contributed by atoms with E-state index in [4.69, 9.17) is 10.2 Å². The average molecular weight is 456 g/mol. The van der Waals surface area contributed by atoms with Crippen LogP contribution < -0.4 is 10.6 Å². The molecular formula is C27H23F2N5. The number of hydrogen-bond donors (Lipinski definition) is 2. The van der Waals surface area contributed by atoms with Gasteiger partial charge in [0.1, 0.15) is 17.7 Å². The molecular weight excluding hydrogens is 432 g/mol. The monoisotopic (exact) mass is 455 g/mol. The van der Waals surface area contributed by atoms with E-state index >= 15 is 0 Å². The number of nitrogens with one attached hydrogen (secondary N) is 2. The minimum atomic E-state index is -0.612. The van der Waals surface area contributed by atoms with Gasteiger partial charge in [-0.3, -0.25) is 0 Å². The lowest BCUT2D eigenvalue weighted by Gasteiger charge is -2.14. The fourth-order valence-electron chi connectivity index (χ4n) is 4.46. The zero-order valence-electron chi connectivity index (χ0n) is 18.7. The number of hydrogen-bond acceptors (Lipinski definition) is 5. The van der Waals surface area contributed by atoms with Gasteiger partial charge in [0.25, 0.3) is 0 Å². The predicted molar refractivity (Wildman–Crippen MR) is 129 cm³/mol. The van der Waals surface area contributed by atoms with Crippen LogP contribution in [0.3, 0.4) is 0 Å². The summed E-state index contributed by atoms with van der Waals surface area (Å²) in [6.45, 7) is 4.53. The molecule has 1 saturated heterocycles. The van der Waals surface area contributed by atoms with Crippen molar-refractivity contribution in [3.8, 4) is 28.5 Å². The zero-order chi connectivity index (χ0) is 23.7. The quantitative estimate of drug-likeness (QED) is 0.419. The van der Waals surface area contributed by atoms with E-state index in [2.05, 4.69) is 15.6 Å². The number of rotatable bonds is 5. The smallest absolute Gasteiger partial charge is 0.223 e. The lowest BCUT2D eigenvalue weighted by Crippen LogP contribution is -2.18. The van der Waals surface area contributed by atoms with Crippen LogP contribution in [0.5, 0.6) is 0 Å². The molecule has 7 heteroatoms. The van der Waals surface area contributed by atoms with Gasteiger partial charge in [0, 0.05) is 23.1 Å². The van der Waals surface area contributed by atoms with Gasteiger partial charge < -0.3 is 10.6 Å². The van der Waals surface area contributed by atoms with Crippen LogP contribution in [-0.2, 0) is 0 Å². The summed E-state index contributed by atoms with van der Waals surface area (Å²) < 4.78 is 29.2. The van der Waals surface area contributed by atoms with Crippen LogP contribution in [0.1, 0.15) is 17.5 Å². The molecule has 0 saturated carbocycles. The highest BCUT2D eigenvalue weighted by atomic mass is 19.1. The fourth-order valence-corrected chi connectivity index (χ4v) is 4.46. The van der Waals surface area contributed by atoms with Gasteiger partial charge in [0.2, 0.25) is 5.95 Å². The van der Waals surface area contributed by atoms with Crippen LogP contribution in [0.2, 0.25) is 0 Å². The van der Waals surface area contributed by atoms with Crippen molar-refractivity contribution in [1.29, 1.82) is 5.26 Å². The van der Waals surface area contributed by atoms with Gasteiger partial charge in [-0.05, 0) is 73.8 Å². The molecule has 2 N–H and O–H groups in total. The summed E-state index contributed by atoms with van der Waals surface area (Å²) in [4.78, 5) is 9.40. The Morgan fingerprint density at radius 3 is 2.65 bits per heavy atom. The third-order valence-corrected chi connectivity index (χ3v) is 6.28. The maximum Gasteiger partial charge on any atom is 0.223 e. The molecule has 1 aliphatic heterocycles. The number of benzene rings is 3. The third-order valence-electron chi connectivity index (χ3n) is 6.28.